The molecule has 1 N–H and O–H groups in total. The fraction of sp³-hybridized carbons (Fsp3) is 0.333. The zero-order chi connectivity index (χ0) is 15.1. The summed E-state index contributed by atoms with van der Waals surface area (Å²) in [6.45, 7) is 0. The minimum absolute atomic E-state index is 0.226. The Kier molecular flexibility index (Phi) is 3.23. The lowest BCUT2D eigenvalue weighted by Crippen LogP contribution is -2.22. The molecule has 3 rings (SSSR count). The van der Waals surface area contributed by atoms with Gasteiger partial charge in [-0.25, -0.2) is 13.6 Å². The number of hydrogen-bond acceptors (Lipinski definition) is 2. The molecular formula is C15H13F2NO3. The van der Waals surface area contributed by atoms with Crippen molar-refractivity contribution in [2.75, 3.05) is 0 Å². The van der Waals surface area contributed by atoms with Crippen molar-refractivity contribution >= 4 is 16.9 Å². The van der Waals surface area contributed by atoms with Crippen LogP contribution in [0.3, 0.4) is 0 Å². The van der Waals surface area contributed by atoms with Crippen LogP contribution in [0.5, 0.6) is 0 Å². The topological polar surface area (TPSA) is 59.3 Å². The molecule has 1 heterocycles. The lowest BCUT2D eigenvalue weighted by atomic mass is 10.1. The Balaban J connectivity index is 2.48. The second-order valence-corrected chi connectivity index (χ2v) is 5.26. The minimum Gasteiger partial charge on any atom is -0.477 e. The number of carboxylic acids is 1. The van der Waals surface area contributed by atoms with E-state index < -0.39 is 23.0 Å². The average Bonchev–Trinajstić information content (AvgIpc) is 2.95. The van der Waals surface area contributed by atoms with Crippen LogP contribution in [-0.4, -0.2) is 15.6 Å². The van der Waals surface area contributed by atoms with Gasteiger partial charge in [0.25, 0.3) is 0 Å². The number of carboxylic acid groups (broad SMARTS) is 1. The fourth-order valence-corrected chi connectivity index (χ4v) is 3.10. The largest absolute Gasteiger partial charge is 0.477 e. The summed E-state index contributed by atoms with van der Waals surface area (Å²) in [6, 6.07) is 2.47. The smallest absolute Gasteiger partial charge is 0.352 e. The van der Waals surface area contributed by atoms with E-state index in [1.807, 2.05) is 0 Å². The molecule has 4 nitrogen and oxygen atoms in total. The highest BCUT2D eigenvalue weighted by Crippen LogP contribution is 2.34. The van der Waals surface area contributed by atoms with Crippen molar-refractivity contribution in [3.8, 4) is 0 Å². The molecular weight excluding hydrogens is 280 g/mol. The molecule has 0 saturated heterocycles. The molecule has 1 aromatic heterocycles. The minimum atomic E-state index is -1.32. The highest BCUT2D eigenvalue weighted by Gasteiger charge is 2.26. The first-order chi connectivity index (χ1) is 10.0. The van der Waals surface area contributed by atoms with Crippen molar-refractivity contribution < 1.29 is 18.7 Å². The maximum absolute atomic E-state index is 14.2. The van der Waals surface area contributed by atoms with Crippen molar-refractivity contribution in [3.05, 3.63) is 45.8 Å². The van der Waals surface area contributed by atoms with Crippen molar-refractivity contribution in [3.63, 3.8) is 0 Å². The summed E-state index contributed by atoms with van der Waals surface area (Å²) in [4.78, 5) is 23.4. The van der Waals surface area contributed by atoms with Gasteiger partial charge in [0.05, 0.1) is 10.9 Å². The van der Waals surface area contributed by atoms with Crippen molar-refractivity contribution in [1.29, 1.82) is 0 Å². The van der Waals surface area contributed by atoms with Crippen LogP contribution < -0.4 is 5.43 Å². The maximum atomic E-state index is 14.2. The van der Waals surface area contributed by atoms with E-state index in [2.05, 4.69) is 0 Å². The first kappa shape index (κ1) is 13.7. The van der Waals surface area contributed by atoms with Crippen LogP contribution >= 0.6 is 0 Å². The SMILES string of the molecule is O=C(O)c1cc(=O)c2c(F)ccc(F)c2n1C1CCCC1. The van der Waals surface area contributed by atoms with Gasteiger partial charge < -0.3 is 9.67 Å². The number of nitrogens with zero attached hydrogens (tertiary/aromatic N) is 1. The van der Waals surface area contributed by atoms with Gasteiger partial charge in [0.1, 0.15) is 17.3 Å². The van der Waals surface area contributed by atoms with E-state index in [0.29, 0.717) is 12.8 Å². The molecule has 1 aromatic carbocycles. The Morgan fingerprint density at radius 2 is 1.81 bits per heavy atom. The van der Waals surface area contributed by atoms with Crippen molar-refractivity contribution in [2.45, 2.75) is 31.7 Å². The highest BCUT2D eigenvalue weighted by atomic mass is 19.1. The third kappa shape index (κ3) is 2.11. The van der Waals surface area contributed by atoms with Gasteiger partial charge in [0.2, 0.25) is 0 Å². The van der Waals surface area contributed by atoms with Gasteiger partial charge >= 0.3 is 5.97 Å². The number of carbonyl (C=O) groups is 1. The predicted molar refractivity (Wildman–Crippen MR) is 72.6 cm³/mol. The lowest BCUT2D eigenvalue weighted by molar-refractivity contribution is 0.0682. The van der Waals surface area contributed by atoms with E-state index in [1.165, 1.54) is 4.57 Å². The van der Waals surface area contributed by atoms with Gasteiger partial charge in [-0.15, -0.1) is 0 Å². The first-order valence-corrected chi connectivity index (χ1v) is 6.77. The average molecular weight is 293 g/mol. The number of benzene rings is 1. The van der Waals surface area contributed by atoms with Gasteiger partial charge in [-0.05, 0) is 25.0 Å². The van der Waals surface area contributed by atoms with Crippen LogP contribution in [0.25, 0.3) is 10.9 Å². The van der Waals surface area contributed by atoms with Crippen molar-refractivity contribution in [2.24, 2.45) is 0 Å². The van der Waals surface area contributed by atoms with Gasteiger partial charge in [-0.2, -0.15) is 0 Å². The molecule has 1 fully saturated rings. The number of hydrogen-bond donors (Lipinski definition) is 1. The highest BCUT2D eigenvalue weighted by molar-refractivity contribution is 5.91. The Labute approximate surface area is 118 Å². The number of fused-ring (bicyclic) bond motifs is 1. The van der Waals surface area contributed by atoms with Crippen LogP contribution in [0.2, 0.25) is 0 Å². The number of aromatic carboxylic acids is 1. The Hall–Kier alpha value is -2.24. The molecule has 6 heteroatoms. The molecule has 1 saturated carbocycles. The molecule has 0 aliphatic heterocycles. The predicted octanol–water partition coefficient (Wildman–Crippen LogP) is 3.09. The molecule has 2 aromatic rings. The summed E-state index contributed by atoms with van der Waals surface area (Å²) in [7, 11) is 0. The van der Waals surface area contributed by atoms with Gasteiger partial charge in [-0.3, -0.25) is 4.79 Å². The van der Waals surface area contributed by atoms with E-state index in [-0.39, 0.29) is 22.6 Å². The zero-order valence-electron chi connectivity index (χ0n) is 11.1. The summed E-state index contributed by atoms with van der Waals surface area (Å²) in [5, 5.41) is 8.91. The zero-order valence-corrected chi connectivity index (χ0v) is 11.1. The molecule has 1 aliphatic carbocycles. The first-order valence-electron chi connectivity index (χ1n) is 6.77. The standard InChI is InChI=1S/C15H13F2NO3/c16-9-5-6-10(17)14-13(9)12(19)7-11(15(20)21)18(14)8-3-1-2-4-8/h5-8H,1-4H2,(H,20,21). The quantitative estimate of drug-likeness (QED) is 0.925. The second-order valence-electron chi connectivity index (χ2n) is 5.26. The van der Waals surface area contributed by atoms with E-state index in [4.69, 9.17) is 0 Å². The van der Waals surface area contributed by atoms with Gasteiger partial charge in [0, 0.05) is 12.1 Å². The Morgan fingerprint density at radius 3 is 2.43 bits per heavy atom. The molecule has 0 spiro atoms. The second kappa shape index (κ2) is 4.95. The summed E-state index contributed by atoms with van der Waals surface area (Å²) >= 11 is 0. The third-order valence-electron chi connectivity index (χ3n) is 4.00. The van der Waals surface area contributed by atoms with E-state index >= 15 is 0 Å². The van der Waals surface area contributed by atoms with Crippen LogP contribution in [-0.2, 0) is 0 Å². The van der Waals surface area contributed by atoms with E-state index in [0.717, 1.165) is 31.0 Å². The van der Waals surface area contributed by atoms with Crippen LogP contribution in [0.1, 0.15) is 42.2 Å². The molecule has 0 atom stereocenters. The molecule has 110 valence electrons. The summed E-state index contributed by atoms with van der Waals surface area (Å²) in [5.41, 5.74) is -1.34. The molecule has 0 bridgehead atoms. The number of aromatic nitrogens is 1. The number of pyridine rings is 1. The fourth-order valence-electron chi connectivity index (χ4n) is 3.10. The Bertz CT molecular complexity index is 792. The van der Waals surface area contributed by atoms with Gasteiger partial charge in [0.15, 0.2) is 5.43 Å². The molecule has 1 aliphatic rings. The third-order valence-corrected chi connectivity index (χ3v) is 4.00. The van der Waals surface area contributed by atoms with Crippen LogP contribution in [0, 0.1) is 11.6 Å². The summed E-state index contributed by atoms with van der Waals surface area (Å²) < 4.78 is 29.4. The molecule has 0 amide bonds. The molecule has 0 unspecified atom stereocenters. The molecule has 21 heavy (non-hydrogen) atoms. The monoisotopic (exact) mass is 293 g/mol. The molecule has 0 radical (unpaired) electrons. The van der Waals surface area contributed by atoms with E-state index in [9.17, 15) is 23.5 Å². The summed E-state index contributed by atoms with van der Waals surface area (Å²) in [6.07, 6.45) is 3.17. The van der Waals surface area contributed by atoms with Crippen LogP contribution in [0.4, 0.5) is 8.78 Å². The lowest BCUT2D eigenvalue weighted by Gasteiger charge is -2.21. The normalized spacial score (nSPS) is 15.7. The van der Waals surface area contributed by atoms with Crippen LogP contribution in [0.15, 0.2) is 23.0 Å². The van der Waals surface area contributed by atoms with Crippen molar-refractivity contribution in [1.82, 2.24) is 4.57 Å². The number of rotatable bonds is 2. The maximum Gasteiger partial charge on any atom is 0.352 e. The van der Waals surface area contributed by atoms with E-state index in [1.54, 1.807) is 0 Å². The number of halogens is 2. The summed E-state index contributed by atoms with van der Waals surface area (Å²) in [5.74, 6) is -2.93. The van der Waals surface area contributed by atoms with Gasteiger partial charge in [-0.1, -0.05) is 12.8 Å². The Morgan fingerprint density at radius 1 is 1.19 bits per heavy atom.